The molecule has 4 nitrogen and oxygen atoms in total. The molecule has 0 spiro atoms. The van der Waals surface area contributed by atoms with Crippen LogP contribution in [0.3, 0.4) is 0 Å². The summed E-state index contributed by atoms with van der Waals surface area (Å²) in [5.74, 6) is -2.87. The zero-order chi connectivity index (χ0) is 15.3. The fourth-order valence-electron chi connectivity index (χ4n) is 1.45. The second kappa shape index (κ2) is 6.56. The van der Waals surface area contributed by atoms with Gasteiger partial charge in [-0.05, 0) is 24.1 Å². The Hall–Kier alpha value is -1.83. The van der Waals surface area contributed by atoms with Crippen molar-refractivity contribution in [2.75, 3.05) is 6.61 Å². The van der Waals surface area contributed by atoms with Gasteiger partial charge >= 0.3 is 18.5 Å². The van der Waals surface area contributed by atoms with Crippen LogP contribution in [-0.4, -0.2) is 35.3 Å². The van der Waals surface area contributed by atoms with Crippen LogP contribution in [0.4, 0.5) is 17.6 Å². The Kier molecular flexibility index (Phi) is 5.32. The average molecular weight is 296 g/mol. The lowest BCUT2D eigenvalue weighted by molar-refractivity contribution is -0.253. The van der Waals surface area contributed by atoms with Crippen molar-refractivity contribution in [3.05, 3.63) is 29.8 Å². The summed E-state index contributed by atoms with van der Waals surface area (Å²) in [6, 6.07) is 4.76. The van der Waals surface area contributed by atoms with Crippen molar-refractivity contribution in [3.63, 3.8) is 0 Å². The van der Waals surface area contributed by atoms with Crippen LogP contribution in [0.5, 0.6) is 5.75 Å². The van der Waals surface area contributed by atoms with Gasteiger partial charge in [-0.2, -0.15) is 17.6 Å². The Balaban J connectivity index is 2.83. The molecule has 2 N–H and O–H groups in total. The van der Waals surface area contributed by atoms with E-state index in [0.29, 0.717) is 0 Å². The Morgan fingerprint density at radius 1 is 1.35 bits per heavy atom. The molecule has 0 heterocycles. The number of benzene rings is 1. The zero-order valence-electron chi connectivity index (χ0n) is 10.1. The number of hydrogen-bond donors (Lipinski definition) is 2. The van der Waals surface area contributed by atoms with Gasteiger partial charge in [-0.1, -0.05) is 12.1 Å². The first kappa shape index (κ1) is 16.2. The van der Waals surface area contributed by atoms with Crippen LogP contribution in [0, 0.1) is 5.92 Å². The molecule has 0 saturated heterocycles. The number of aliphatic hydroxyl groups is 1. The molecular formula is C12H12F4O4. The highest BCUT2D eigenvalue weighted by atomic mass is 19.3. The van der Waals surface area contributed by atoms with Crippen molar-refractivity contribution in [3.8, 4) is 5.75 Å². The Bertz CT molecular complexity index is 465. The topological polar surface area (TPSA) is 66.8 Å². The molecule has 0 amide bonds. The summed E-state index contributed by atoms with van der Waals surface area (Å²) in [6.07, 6.45) is -8.74. The fourth-order valence-corrected chi connectivity index (χ4v) is 1.45. The summed E-state index contributed by atoms with van der Waals surface area (Å²) in [6.45, 7) is -0.631. The van der Waals surface area contributed by atoms with Gasteiger partial charge in [0.1, 0.15) is 5.75 Å². The van der Waals surface area contributed by atoms with Crippen molar-refractivity contribution in [1.29, 1.82) is 0 Å². The van der Waals surface area contributed by atoms with Gasteiger partial charge in [0.2, 0.25) is 0 Å². The molecule has 0 radical (unpaired) electrons. The second-order valence-electron chi connectivity index (χ2n) is 4.03. The molecule has 1 rings (SSSR count). The minimum absolute atomic E-state index is 0.136. The van der Waals surface area contributed by atoms with Crippen LogP contribution in [0.2, 0.25) is 0 Å². The molecule has 1 aromatic carbocycles. The van der Waals surface area contributed by atoms with Crippen molar-refractivity contribution in [1.82, 2.24) is 0 Å². The normalized spacial score (nSPS) is 13.3. The molecule has 0 bridgehead atoms. The Morgan fingerprint density at radius 3 is 2.50 bits per heavy atom. The minimum atomic E-state index is -4.62. The van der Waals surface area contributed by atoms with Crippen LogP contribution in [0.25, 0.3) is 0 Å². The van der Waals surface area contributed by atoms with Crippen molar-refractivity contribution < 1.29 is 37.3 Å². The average Bonchev–Trinajstić information content (AvgIpc) is 2.35. The first-order chi connectivity index (χ1) is 9.26. The highest BCUT2D eigenvalue weighted by molar-refractivity contribution is 5.70. The van der Waals surface area contributed by atoms with Crippen LogP contribution in [0.1, 0.15) is 5.56 Å². The van der Waals surface area contributed by atoms with Gasteiger partial charge in [-0.25, -0.2) is 0 Å². The van der Waals surface area contributed by atoms with Crippen LogP contribution in [0.15, 0.2) is 24.3 Å². The maximum Gasteiger partial charge on any atom is 0.461 e. The molecule has 0 aliphatic carbocycles. The molecule has 8 heteroatoms. The number of halogens is 4. The van der Waals surface area contributed by atoms with Crippen molar-refractivity contribution in [2.24, 2.45) is 5.92 Å². The van der Waals surface area contributed by atoms with Gasteiger partial charge < -0.3 is 14.9 Å². The van der Waals surface area contributed by atoms with Crippen LogP contribution in [-0.2, 0) is 11.2 Å². The molecule has 0 fully saturated rings. The number of carbonyl (C=O) groups is 1. The standard InChI is InChI=1S/C12H12F4O4/c13-11(14)12(15,16)20-9-3-1-2-7(5-9)4-8(6-17)10(18)19/h1-3,5,8,11,17H,4,6H2,(H,18,19). The van der Waals surface area contributed by atoms with E-state index in [4.69, 9.17) is 10.2 Å². The summed E-state index contributed by atoms with van der Waals surface area (Å²) in [5, 5.41) is 17.6. The van der Waals surface area contributed by atoms with E-state index in [1.54, 1.807) is 0 Å². The van der Waals surface area contributed by atoms with Crippen LogP contribution < -0.4 is 4.74 Å². The lowest BCUT2D eigenvalue weighted by Crippen LogP contribution is -2.33. The van der Waals surface area contributed by atoms with Gasteiger partial charge in [0.15, 0.2) is 0 Å². The van der Waals surface area contributed by atoms with E-state index in [1.807, 2.05) is 0 Å². The SMILES string of the molecule is O=C(O)C(CO)Cc1cccc(OC(F)(F)C(F)F)c1. The summed E-state index contributed by atoms with van der Waals surface area (Å²) < 4.78 is 53.3. The molecule has 0 saturated carbocycles. The molecule has 0 aliphatic rings. The number of aliphatic carboxylic acids is 1. The molecule has 0 aromatic heterocycles. The Labute approximate surface area is 111 Å². The maximum atomic E-state index is 12.7. The third kappa shape index (κ3) is 4.37. The van der Waals surface area contributed by atoms with E-state index in [0.717, 1.165) is 12.1 Å². The predicted octanol–water partition coefficient (Wildman–Crippen LogP) is 2.16. The van der Waals surface area contributed by atoms with Gasteiger partial charge in [0, 0.05) is 0 Å². The fraction of sp³-hybridized carbons (Fsp3) is 0.417. The summed E-state index contributed by atoms with van der Waals surface area (Å²) in [5.41, 5.74) is 0.272. The summed E-state index contributed by atoms with van der Waals surface area (Å²) in [7, 11) is 0. The first-order valence-corrected chi connectivity index (χ1v) is 5.54. The maximum absolute atomic E-state index is 12.7. The first-order valence-electron chi connectivity index (χ1n) is 5.54. The number of carboxylic acids is 1. The molecule has 1 unspecified atom stereocenters. The lowest BCUT2D eigenvalue weighted by atomic mass is 10.0. The molecule has 0 aliphatic heterocycles. The molecule has 1 aromatic rings. The lowest BCUT2D eigenvalue weighted by Gasteiger charge is -2.17. The molecular weight excluding hydrogens is 284 g/mol. The largest absolute Gasteiger partial charge is 0.481 e. The number of carboxylic acid groups (broad SMARTS) is 1. The quantitative estimate of drug-likeness (QED) is 0.757. The van der Waals surface area contributed by atoms with E-state index in [1.165, 1.54) is 12.1 Å². The number of aliphatic hydroxyl groups excluding tert-OH is 1. The summed E-state index contributed by atoms with van der Waals surface area (Å²) in [4.78, 5) is 10.7. The Morgan fingerprint density at radius 2 is 2.00 bits per heavy atom. The van der Waals surface area contributed by atoms with Crippen LogP contribution >= 0.6 is 0 Å². The highest BCUT2D eigenvalue weighted by Gasteiger charge is 2.43. The van der Waals surface area contributed by atoms with Gasteiger partial charge in [0.25, 0.3) is 0 Å². The monoisotopic (exact) mass is 296 g/mol. The third-order valence-corrected chi connectivity index (χ3v) is 2.46. The number of rotatable bonds is 7. The number of hydrogen-bond acceptors (Lipinski definition) is 3. The van der Waals surface area contributed by atoms with Gasteiger partial charge in [-0.3, -0.25) is 4.79 Å². The molecule has 1 atom stereocenters. The zero-order valence-corrected chi connectivity index (χ0v) is 10.1. The third-order valence-electron chi connectivity index (χ3n) is 2.46. The minimum Gasteiger partial charge on any atom is -0.481 e. The number of alkyl halides is 4. The van der Waals surface area contributed by atoms with Crippen molar-refractivity contribution in [2.45, 2.75) is 19.0 Å². The van der Waals surface area contributed by atoms with E-state index in [2.05, 4.69) is 4.74 Å². The van der Waals surface area contributed by atoms with E-state index in [-0.39, 0.29) is 12.0 Å². The molecule has 112 valence electrons. The van der Waals surface area contributed by atoms with Crippen molar-refractivity contribution >= 4 is 5.97 Å². The van der Waals surface area contributed by atoms with Gasteiger partial charge in [0.05, 0.1) is 12.5 Å². The second-order valence-corrected chi connectivity index (χ2v) is 4.03. The van der Waals surface area contributed by atoms with Gasteiger partial charge in [-0.15, -0.1) is 0 Å². The number of ether oxygens (including phenoxy) is 1. The van der Waals surface area contributed by atoms with E-state index in [9.17, 15) is 22.4 Å². The van der Waals surface area contributed by atoms with E-state index >= 15 is 0 Å². The highest BCUT2D eigenvalue weighted by Crippen LogP contribution is 2.28. The molecule has 20 heavy (non-hydrogen) atoms. The summed E-state index contributed by atoms with van der Waals surface area (Å²) >= 11 is 0. The predicted molar refractivity (Wildman–Crippen MR) is 59.9 cm³/mol. The van der Waals surface area contributed by atoms with E-state index < -0.39 is 36.8 Å². The smallest absolute Gasteiger partial charge is 0.461 e.